The van der Waals surface area contributed by atoms with Crippen LogP contribution in [0.3, 0.4) is 0 Å². The summed E-state index contributed by atoms with van der Waals surface area (Å²) in [7, 11) is 3.24. The fourth-order valence-corrected chi connectivity index (χ4v) is 2.80. The van der Waals surface area contributed by atoms with E-state index in [-0.39, 0.29) is 0 Å². The number of hydrogen-bond donors (Lipinski definition) is 0. The number of nitrogens with zero attached hydrogens (tertiary/aromatic N) is 2. The lowest BCUT2D eigenvalue weighted by Gasteiger charge is -2.15. The molecule has 0 N–H and O–H groups in total. The highest BCUT2D eigenvalue weighted by Crippen LogP contribution is 2.16. The summed E-state index contributed by atoms with van der Waals surface area (Å²) in [6.07, 6.45) is 5.47. The predicted octanol–water partition coefficient (Wildman–Crippen LogP) is 0.828. The highest BCUT2D eigenvalue weighted by molar-refractivity contribution is 5.58. The smallest absolute Gasteiger partial charge is 0.251 e. The Bertz CT molecular complexity index is 733. The number of benzene rings is 2. The van der Waals surface area contributed by atoms with E-state index in [9.17, 15) is 14.0 Å². The van der Waals surface area contributed by atoms with Crippen molar-refractivity contribution in [2.75, 3.05) is 38.0 Å². The van der Waals surface area contributed by atoms with Gasteiger partial charge in [0.05, 0.1) is 14.5 Å². The summed E-state index contributed by atoms with van der Waals surface area (Å²) in [5.41, 5.74) is 3.82. The standard InChI is InChI=1S/C21H25ClN2O4/c1-23(2)19-11-5-17(6-12-19)9-15-21(28-22(25,26)27)16-10-18-7-13-20(14-8-18)24(3)4/h5-16,21H,1-4H3. The highest BCUT2D eigenvalue weighted by atomic mass is 35.7. The van der Waals surface area contributed by atoms with Crippen LogP contribution in [-0.4, -0.2) is 34.3 Å². The van der Waals surface area contributed by atoms with E-state index in [4.69, 9.17) is 0 Å². The second-order valence-corrected chi connectivity index (χ2v) is 7.56. The van der Waals surface area contributed by atoms with Gasteiger partial charge in [-0.05, 0) is 47.5 Å². The van der Waals surface area contributed by atoms with Crippen LogP contribution in [0.2, 0.25) is 0 Å². The Morgan fingerprint density at radius 1 is 0.714 bits per heavy atom. The summed E-state index contributed by atoms with van der Waals surface area (Å²) in [6.45, 7) is 0. The Morgan fingerprint density at radius 3 is 1.36 bits per heavy atom. The Kier molecular flexibility index (Phi) is 7.62. The molecule has 0 saturated heterocycles. The SMILES string of the molecule is CN(C)c1ccc(C=CC(C=Cc2ccc(N(C)C)cc2)O[Cl+3]([O-])([O-])[O-])cc1. The van der Waals surface area contributed by atoms with Crippen molar-refractivity contribution in [1.29, 1.82) is 0 Å². The number of hydrogen-bond acceptors (Lipinski definition) is 6. The minimum Gasteiger partial charge on any atom is -0.378 e. The monoisotopic (exact) mass is 404 g/mol. The van der Waals surface area contributed by atoms with Crippen LogP contribution in [0.5, 0.6) is 0 Å². The molecule has 0 spiro atoms. The number of halogens is 1. The molecule has 0 bridgehead atoms. The first-order chi connectivity index (χ1) is 13.1. The van der Waals surface area contributed by atoms with Gasteiger partial charge in [0.1, 0.15) is 0 Å². The Labute approximate surface area is 168 Å². The molecule has 0 aliphatic carbocycles. The molecule has 0 saturated carbocycles. The zero-order valence-corrected chi connectivity index (χ0v) is 17.2. The summed E-state index contributed by atoms with van der Waals surface area (Å²) < 4.78 is 37.7. The first-order valence-corrected chi connectivity index (χ1v) is 9.88. The number of anilines is 2. The van der Waals surface area contributed by atoms with Gasteiger partial charge < -0.3 is 9.80 Å². The molecule has 2 aromatic carbocycles. The molecule has 0 atom stereocenters. The maximum atomic E-state index is 11.0. The van der Waals surface area contributed by atoms with Crippen molar-refractivity contribution in [3.05, 3.63) is 71.8 Å². The Hall–Kier alpha value is -2.35. The van der Waals surface area contributed by atoms with E-state index < -0.39 is 16.3 Å². The van der Waals surface area contributed by atoms with Crippen molar-refractivity contribution >= 4 is 23.5 Å². The van der Waals surface area contributed by atoms with Gasteiger partial charge in [-0.2, -0.15) is 14.0 Å². The molecule has 28 heavy (non-hydrogen) atoms. The molecule has 7 heteroatoms. The quantitative estimate of drug-likeness (QED) is 0.647. The lowest BCUT2D eigenvalue weighted by molar-refractivity contribution is -1.92. The highest BCUT2D eigenvalue weighted by Gasteiger charge is 2.24. The molecule has 0 aliphatic rings. The average Bonchev–Trinajstić information content (AvgIpc) is 2.63. The fraction of sp³-hybridized carbons (Fsp3) is 0.238. The van der Waals surface area contributed by atoms with E-state index in [1.165, 1.54) is 12.2 Å². The van der Waals surface area contributed by atoms with E-state index in [1.807, 2.05) is 86.5 Å². The minimum atomic E-state index is -4.55. The van der Waals surface area contributed by atoms with E-state index in [2.05, 4.69) is 4.29 Å². The van der Waals surface area contributed by atoms with Crippen LogP contribution in [0, 0.1) is 10.2 Å². The van der Waals surface area contributed by atoms with Gasteiger partial charge in [0, 0.05) is 39.6 Å². The first-order valence-electron chi connectivity index (χ1n) is 8.64. The van der Waals surface area contributed by atoms with Gasteiger partial charge in [0.15, 0.2) is 0 Å². The van der Waals surface area contributed by atoms with Crippen LogP contribution < -0.4 is 23.8 Å². The summed E-state index contributed by atoms with van der Waals surface area (Å²) >= 11 is 0. The molecule has 0 radical (unpaired) electrons. The molecule has 0 heterocycles. The first kappa shape index (κ1) is 21.9. The normalized spacial score (nSPS) is 13.2. The summed E-state index contributed by atoms with van der Waals surface area (Å²) in [5.74, 6) is 0. The molecule has 2 aromatic rings. The zero-order valence-electron chi connectivity index (χ0n) is 16.4. The molecular formula is C21H25ClN2O4. The van der Waals surface area contributed by atoms with Crippen LogP contribution in [0.1, 0.15) is 11.1 Å². The van der Waals surface area contributed by atoms with Crippen molar-refractivity contribution in [3.8, 4) is 0 Å². The average molecular weight is 405 g/mol. The van der Waals surface area contributed by atoms with Gasteiger partial charge in [-0.1, -0.05) is 36.4 Å². The Morgan fingerprint density at radius 2 is 1.07 bits per heavy atom. The van der Waals surface area contributed by atoms with Gasteiger partial charge in [-0.25, -0.2) is 0 Å². The van der Waals surface area contributed by atoms with Crippen molar-refractivity contribution in [2.45, 2.75) is 6.10 Å². The molecule has 0 aromatic heterocycles. The lowest BCUT2D eigenvalue weighted by atomic mass is 10.1. The molecule has 0 fully saturated rings. The molecule has 6 nitrogen and oxygen atoms in total. The van der Waals surface area contributed by atoms with Gasteiger partial charge >= 0.3 is 0 Å². The maximum Gasteiger partial charge on any atom is 0.251 e. The molecule has 0 unspecified atom stereocenters. The fourth-order valence-electron chi connectivity index (χ4n) is 2.43. The summed E-state index contributed by atoms with van der Waals surface area (Å²) in [6, 6.07) is 15.4. The molecular weight excluding hydrogens is 380 g/mol. The molecule has 0 amide bonds. The second kappa shape index (κ2) is 9.73. The molecule has 0 aliphatic heterocycles. The predicted molar refractivity (Wildman–Crippen MR) is 104 cm³/mol. The van der Waals surface area contributed by atoms with Gasteiger partial charge in [0.25, 0.3) is 6.10 Å². The van der Waals surface area contributed by atoms with Crippen LogP contribution in [0.25, 0.3) is 12.2 Å². The van der Waals surface area contributed by atoms with Crippen molar-refractivity contribution in [3.63, 3.8) is 0 Å². The van der Waals surface area contributed by atoms with Gasteiger partial charge in [-0.3, -0.25) is 0 Å². The number of rotatable bonds is 8. The minimum absolute atomic E-state index is 0.864. The largest absolute Gasteiger partial charge is 0.378 e. The molecule has 150 valence electrons. The third kappa shape index (κ3) is 7.34. The summed E-state index contributed by atoms with van der Waals surface area (Å²) in [5, 5.41) is 0. The van der Waals surface area contributed by atoms with E-state index in [0.29, 0.717) is 0 Å². The van der Waals surface area contributed by atoms with Gasteiger partial charge in [-0.15, -0.1) is 0 Å². The Balaban J connectivity index is 2.14. The van der Waals surface area contributed by atoms with E-state index in [1.54, 1.807) is 12.2 Å². The zero-order chi connectivity index (χ0) is 20.7. The van der Waals surface area contributed by atoms with Crippen LogP contribution in [0.4, 0.5) is 11.4 Å². The third-order valence-corrected chi connectivity index (χ3v) is 4.41. The maximum absolute atomic E-state index is 11.0. The molecule has 2 rings (SSSR count). The lowest BCUT2D eigenvalue weighted by Crippen LogP contribution is -2.62. The van der Waals surface area contributed by atoms with Crippen molar-refractivity contribution in [2.24, 2.45) is 0 Å². The topological polar surface area (TPSA) is 84.9 Å². The second-order valence-electron chi connectivity index (χ2n) is 6.62. The third-order valence-electron chi connectivity index (χ3n) is 3.99. The van der Waals surface area contributed by atoms with Crippen LogP contribution >= 0.6 is 0 Å². The van der Waals surface area contributed by atoms with Crippen molar-refractivity contribution in [1.82, 2.24) is 0 Å². The van der Waals surface area contributed by atoms with Gasteiger partial charge in [0.2, 0.25) is 0 Å². The van der Waals surface area contributed by atoms with E-state index in [0.717, 1.165) is 22.5 Å². The van der Waals surface area contributed by atoms with E-state index >= 15 is 0 Å². The van der Waals surface area contributed by atoms with Crippen LogP contribution in [0.15, 0.2) is 60.7 Å². The van der Waals surface area contributed by atoms with Crippen molar-refractivity contribution < 1.29 is 28.5 Å². The van der Waals surface area contributed by atoms with Crippen LogP contribution in [-0.2, 0) is 4.29 Å². The summed E-state index contributed by atoms with van der Waals surface area (Å²) in [4.78, 5) is 3.96.